The van der Waals surface area contributed by atoms with E-state index in [1.807, 2.05) is 6.07 Å². The molecule has 0 bridgehead atoms. The maximum absolute atomic E-state index is 13.4. The molecule has 1 aliphatic heterocycles. The van der Waals surface area contributed by atoms with E-state index in [1.54, 1.807) is 6.07 Å². The molecule has 1 N–H and O–H groups in total. The van der Waals surface area contributed by atoms with Crippen LogP contribution in [0.2, 0.25) is 0 Å². The van der Waals surface area contributed by atoms with Gasteiger partial charge in [-0.25, -0.2) is 8.78 Å². The number of fused-ring (bicyclic) bond motifs is 3. The van der Waals surface area contributed by atoms with Crippen LogP contribution in [0.15, 0.2) is 42.5 Å². The maximum Gasteiger partial charge on any atom is 0.162 e. The second-order valence-electron chi connectivity index (χ2n) is 6.83. The Kier molecular flexibility index (Phi) is 5.92. The Balaban J connectivity index is 0.00000210. The van der Waals surface area contributed by atoms with Gasteiger partial charge in [0.15, 0.2) is 5.78 Å². The molecule has 0 fully saturated rings. The number of hydrogen-bond acceptors (Lipinski definition) is 2. The van der Waals surface area contributed by atoms with Crippen molar-refractivity contribution in [2.75, 3.05) is 13.1 Å². The van der Waals surface area contributed by atoms with Gasteiger partial charge in [0, 0.05) is 48.1 Å². The van der Waals surface area contributed by atoms with Gasteiger partial charge in [-0.05, 0) is 61.0 Å². The molecule has 3 aromatic rings. The third-order valence-electron chi connectivity index (χ3n) is 5.06. The van der Waals surface area contributed by atoms with Gasteiger partial charge in [-0.3, -0.25) is 9.69 Å². The SMILES string of the molecule is Cl.O=C(CCCN1CCc2[nH]c3cc(F)ccc3c2C1)c1ccc(F)cc1. The lowest BCUT2D eigenvalue weighted by Gasteiger charge is -2.27. The third-order valence-corrected chi connectivity index (χ3v) is 5.06. The fourth-order valence-electron chi connectivity index (χ4n) is 3.68. The van der Waals surface area contributed by atoms with Crippen LogP contribution >= 0.6 is 12.4 Å². The number of nitrogens with one attached hydrogen (secondary N) is 1. The highest BCUT2D eigenvalue weighted by Gasteiger charge is 2.20. The summed E-state index contributed by atoms with van der Waals surface area (Å²) in [6, 6.07) is 10.6. The molecule has 2 aromatic carbocycles. The summed E-state index contributed by atoms with van der Waals surface area (Å²) >= 11 is 0. The van der Waals surface area contributed by atoms with Gasteiger partial charge in [-0.15, -0.1) is 12.4 Å². The number of Topliss-reactive ketones (excluding diaryl/α,β-unsaturated/α-hetero) is 1. The summed E-state index contributed by atoms with van der Waals surface area (Å²) in [7, 11) is 0. The molecular weight excluding hydrogens is 370 g/mol. The fourth-order valence-corrected chi connectivity index (χ4v) is 3.68. The molecule has 27 heavy (non-hydrogen) atoms. The molecule has 0 aliphatic carbocycles. The molecule has 1 aliphatic rings. The molecule has 0 saturated heterocycles. The van der Waals surface area contributed by atoms with Crippen LogP contribution in [-0.2, 0) is 13.0 Å². The van der Waals surface area contributed by atoms with Gasteiger partial charge in [0.25, 0.3) is 0 Å². The van der Waals surface area contributed by atoms with Crippen molar-refractivity contribution in [3.8, 4) is 0 Å². The summed E-state index contributed by atoms with van der Waals surface area (Å²) in [5.74, 6) is -0.512. The monoisotopic (exact) mass is 390 g/mol. The average molecular weight is 391 g/mol. The summed E-state index contributed by atoms with van der Waals surface area (Å²) < 4.78 is 26.3. The van der Waals surface area contributed by atoms with Gasteiger partial charge in [-0.2, -0.15) is 0 Å². The van der Waals surface area contributed by atoms with Gasteiger partial charge < -0.3 is 4.98 Å². The second kappa shape index (κ2) is 8.19. The summed E-state index contributed by atoms with van der Waals surface area (Å²) in [5, 5.41) is 1.08. The first kappa shape index (κ1) is 19.5. The van der Waals surface area contributed by atoms with Crippen LogP contribution in [0.5, 0.6) is 0 Å². The molecule has 0 amide bonds. The van der Waals surface area contributed by atoms with Crippen molar-refractivity contribution >= 4 is 29.1 Å². The van der Waals surface area contributed by atoms with Crippen molar-refractivity contribution in [1.82, 2.24) is 9.88 Å². The Morgan fingerprint density at radius 2 is 1.81 bits per heavy atom. The summed E-state index contributed by atoms with van der Waals surface area (Å²) in [6.45, 7) is 2.57. The molecular formula is C21H21ClF2N2O. The van der Waals surface area contributed by atoms with Crippen LogP contribution in [-0.4, -0.2) is 28.8 Å². The number of aromatic amines is 1. The first-order chi connectivity index (χ1) is 12.6. The normalized spacial score (nSPS) is 14.0. The van der Waals surface area contributed by atoms with Crippen molar-refractivity contribution in [2.45, 2.75) is 25.8 Å². The van der Waals surface area contributed by atoms with Crippen molar-refractivity contribution in [2.24, 2.45) is 0 Å². The molecule has 4 rings (SSSR count). The number of aromatic nitrogens is 1. The molecule has 6 heteroatoms. The molecule has 1 aromatic heterocycles. The van der Waals surface area contributed by atoms with Crippen molar-refractivity contribution < 1.29 is 13.6 Å². The zero-order valence-corrected chi connectivity index (χ0v) is 15.6. The van der Waals surface area contributed by atoms with Gasteiger partial charge >= 0.3 is 0 Å². The number of benzene rings is 2. The highest BCUT2D eigenvalue weighted by Crippen LogP contribution is 2.28. The van der Waals surface area contributed by atoms with Crippen LogP contribution in [0.4, 0.5) is 8.78 Å². The lowest BCUT2D eigenvalue weighted by molar-refractivity contribution is 0.0973. The number of H-pyrrole nitrogens is 1. The van der Waals surface area contributed by atoms with E-state index in [9.17, 15) is 13.6 Å². The van der Waals surface area contributed by atoms with E-state index in [0.29, 0.717) is 12.0 Å². The quantitative estimate of drug-likeness (QED) is 0.630. The Labute approximate surface area is 162 Å². The van der Waals surface area contributed by atoms with Crippen LogP contribution in [0.25, 0.3) is 10.9 Å². The zero-order chi connectivity index (χ0) is 18.1. The molecule has 0 saturated carbocycles. The Bertz CT molecular complexity index is 953. The summed E-state index contributed by atoms with van der Waals surface area (Å²) in [6.07, 6.45) is 2.12. The third kappa shape index (κ3) is 4.20. The Morgan fingerprint density at radius 3 is 2.59 bits per heavy atom. The standard InChI is InChI=1S/C21H20F2N2O.ClH/c22-15-5-3-14(4-6-15)21(26)2-1-10-25-11-9-19-18(13-25)17-8-7-16(23)12-20(17)24-19;/h3-8,12,24H,1-2,9-11,13H2;1H. The van der Waals surface area contributed by atoms with Crippen LogP contribution < -0.4 is 0 Å². The predicted octanol–water partition coefficient (Wildman–Crippen LogP) is 4.89. The first-order valence-corrected chi connectivity index (χ1v) is 8.90. The predicted molar refractivity (Wildman–Crippen MR) is 104 cm³/mol. The minimum absolute atomic E-state index is 0. The smallest absolute Gasteiger partial charge is 0.162 e. The highest BCUT2D eigenvalue weighted by molar-refractivity contribution is 5.96. The number of hydrogen-bond donors (Lipinski definition) is 1. The van der Waals surface area contributed by atoms with E-state index in [-0.39, 0.29) is 29.8 Å². The van der Waals surface area contributed by atoms with E-state index < -0.39 is 0 Å². The first-order valence-electron chi connectivity index (χ1n) is 8.90. The Morgan fingerprint density at radius 1 is 1.07 bits per heavy atom. The fraction of sp³-hybridized carbons (Fsp3) is 0.286. The van der Waals surface area contributed by atoms with Crippen molar-refractivity contribution in [1.29, 1.82) is 0 Å². The van der Waals surface area contributed by atoms with Gasteiger partial charge in [0.05, 0.1) is 0 Å². The molecule has 2 heterocycles. The minimum Gasteiger partial charge on any atom is -0.358 e. The average Bonchev–Trinajstić information content (AvgIpc) is 2.99. The minimum atomic E-state index is -0.329. The lowest BCUT2D eigenvalue weighted by Crippen LogP contribution is -2.31. The van der Waals surface area contributed by atoms with Crippen LogP contribution in [0.1, 0.15) is 34.5 Å². The maximum atomic E-state index is 13.4. The number of carbonyl (C=O) groups is 1. The largest absolute Gasteiger partial charge is 0.358 e. The van der Waals surface area contributed by atoms with Gasteiger partial charge in [-0.1, -0.05) is 0 Å². The zero-order valence-electron chi connectivity index (χ0n) is 14.8. The topological polar surface area (TPSA) is 36.1 Å². The van der Waals surface area contributed by atoms with Gasteiger partial charge in [0.1, 0.15) is 11.6 Å². The van der Waals surface area contributed by atoms with E-state index in [4.69, 9.17) is 0 Å². The molecule has 0 radical (unpaired) electrons. The number of carbonyl (C=O) groups excluding carboxylic acids is 1. The van der Waals surface area contributed by atoms with Crippen LogP contribution in [0, 0.1) is 11.6 Å². The summed E-state index contributed by atoms with van der Waals surface area (Å²) in [5.41, 5.74) is 3.83. The highest BCUT2D eigenvalue weighted by atomic mass is 35.5. The second-order valence-corrected chi connectivity index (χ2v) is 6.83. The molecule has 0 spiro atoms. The number of rotatable bonds is 5. The van der Waals surface area contributed by atoms with Crippen molar-refractivity contribution in [3.05, 3.63) is 70.9 Å². The summed E-state index contributed by atoms with van der Waals surface area (Å²) in [4.78, 5) is 17.8. The van der Waals surface area contributed by atoms with E-state index >= 15 is 0 Å². The molecule has 3 nitrogen and oxygen atoms in total. The molecule has 0 atom stereocenters. The van der Waals surface area contributed by atoms with Crippen molar-refractivity contribution in [3.63, 3.8) is 0 Å². The van der Waals surface area contributed by atoms with E-state index in [0.717, 1.165) is 43.4 Å². The van der Waals surface area contributed by atoms with Gasteiger partial charge in [0.2, 0.25) is 0 Å². The van der Waals surface area contributed by atoms with E-state index in [1.165, 1.54) is 41.6 Å². The van der Waals surface area contributed by atoms with Crippen LogP contribution in [0.3, 0.4) is 0 Å². The number of halogens is 3. The number of ketones is 1. The Hall–Kier alpha value is -2.24. The molecule has 0 unspecified atom stereocenters. The lowest BCUT2D eigenvalue weighted by atomic mass is 10.0. The number of nitrogens with zero attached hydrogens (tertiary/aromatic N) is 1. The van der Waals surface area contributed by atoms with E-state index in [2.05, 4.69) is 9.88 Å². The molecule has 142 valence electrons.